The Bertz CT molecular complexity index is 927. The van der Waals surface area contributed by atoms with Gasteiger partial charge in [0, 0.05) is 43.0 Å². The van der Waals surface area contributed by atoms with Gasteiger partial charge in [-0.1, -0.05) is 29.4 Å². The molecule has 28 heavy (non-hydrogen) atoms. The first-order valence-electron chi connectivity index (χ1n) is 8.85. The number of amides is 1. The highest BCUT2D eigenvalue weighted by atomic mass is 35.5. The summed E-state index contributed by atoms with van der Waals surface area (Å²) in [7, 11) is 0. The van der Waals surface area contributed by atoms with E-state index in [1.807, 2.05) is 35.2 Å². The highest BCUT2D eigenvalue weighted by molar-refractivity contribution is 7.99. The average molecular weight is 416 g/mol. The molecule has 0 saturated carbocycles. The average Bonchev–Trinajstić information content (AvgIpc) is 3.22. The summed E-state index contributed by atoms with van der Waals surface area (Å²) < 4.78 is 5.63. The van der Waals surface area contributed by atoms with Gasteiger partial charge in [-0.25, -0.2) is 4.98 Å². The Kier molecular flexibility index (Phi) is 5.78. The summed E-state index contributed by atoms with van der Waals surface area (Å²) >= 11 is 7.14. The molecule has 144 valence electrons. The normalized spacial score (nSPS) is 14.3. The Morgan fingerprint density at radius 1 is 1.07 bits per heavy atom. The largest absolute Gasteiger partial charge is 0.411 e. The molecular formula is C19H18ClN5O2S. The monoisotopic (exact) mass is 415 g/mol. The van der Waals surface area contributed by atoms with Gasteiger partial charge in [0.1, 0.15) is 5.82 Å². The lowest BCUT2D eigenvalue weighted by molar-refractivity contribution is -0.128. The molecule has 0 aliphatic carbocycles. The molecule has 0 unspecified atom stereocenters. The molecule has 0 N–H and O–H groups in total. The second kappa shape index (κ2) is 8.62. The number of nitrogens with zero attached hydrogens (tertiary/aromatic N) is 5. The Morgan fingerprint density at radius 2 is 1.86 bits per heavy atom. The molecule has 0 spiro atoms. The van der Waals surface area contributed by atoms with Crippen LogP contribution in [0.15, 0.2) is 58.3 Å². The smallest absolute Gasteiger partial charge is 0.277 e. The van der Waals surface area contributed by atoms with Gasteiger partial charge in [-0.2, -0.15) is 0 Å². The number of aromatic nitrogens is 3. The summed E-state index contributed by atoms with van der Waals surface area (Å²) in [4.78, 5) is 20.9. The first-order chi connectivity index (χ1) is 13.7. The first kappa shape index (κ1) is 18.8. The first-order valence-corrected chi connectivity index (χ1v) is 10.2. The van der Waals surface area contributed by atoms with Crippen LogP contribution < -0.4 is 4.90 Å². The second-order valence-corrected chi connectivity index (χ2v) is 7.59. The van der Waals surface area contributed by atoms with Gasteiger partial charge in [0.25, 0.3) is 5.22 Å². The number of benzene rings is 1. The summed E-state index contributed by atoms with van der Waals surface area (Å²) in [6.07, 6.45) is 1.78. The van der Waals surface area contributed by atoms with Crippen LogP contribution in [0.4, 0.5) is 5.82 Å². The third kappa shape index (κ3) is 4.45. The highest BCUT2D eigenvalue weighted by Gasteiger charge is 2.22. The third-order valence-electron chi connectivity index (χ3n) is 4.42. The molecule has 7 nitrogen and oxygen atoms in total. The number of carbonyl (C=O) groups is 1. The van der Waals surface area contributed by atoms with Crippen molar-refractivity contribution in [3.63, 3.8) is 0 Å². The van der Waals surface area contributed by atoms with Crippen LogP contribution in [0, 0.1) is 0 Å². The van der Waals surface area contributed by atoms with Crippen molar-refractivity contribution < 1.29 is 9.21 Å². The minimum absolute atomic E-state index is 0.0666. The topological polar surface area (TPSA) is 75.4 Å². The Labute approximate surface area is 171 Å². The van der Waals surface area contributed by atoms with Crippen molar-refractivity contribution >= 4 is 35.1 Å². The number of hydrogen-bond donors (Lipinski definition) is 0. The van der Waals surface area contributed by atoms with E-state index in [-0.39, 0.29) is 11.7 Å². The molecule has 0 bridgehead atoms. The van der Waals surface area contributed by atoms with Crippen molar-refractivity contribution in [3.05, 3.63) is 53.7 Å². The summed E-state index contributed by atoms with van der Waals surface area (Å²) in [5, 5.41) is 9.07. The maximum absolute atomic E-state index is 12.5. The van der Waals surface area contributed by atoms with Crippen molar-refractivity contribution in [1.82, 2.24) is 20.1 Å². The maximum Gasteiger partial charge on any atom is 0.277 e. The molecule has 9 heteroatoms. The summed E-state index contributed by atoms with van der Waals surface area (Å²) in [5.74, 6) is 1.70. The van der Waals surface area contributed by atoms with Gasteiger partial charge in [0.2, 0.25) is 11.8 Å². The van der Waals surface area contributed by atoms with Crippen LogP contribution in [0.25, 0.3) is 11.5 Å². The van der Waals surface area contributed by atoms with E-state index in [4.69, 9.17) is 16.0 Å². The van der Waals surface area contributed by atoms with E-state index in [0.29, 0.717) is 29.2 Å². The predicted molar refractivity (Wildman–Crippen MR) is 108 cm³/mol. The fourth-order valence-electron chi connectivity index (χ4n) is 2.92. The molecule has 1 amide bonds. The zero-order chi connectivity index (χ0) is 19.3. The van der Waals surface area contributed by atoms with Gasteiger partial charge in [-0.05, 0) is 36.4 Å². The van der Waals surface area contributed by atoms with Crippen LogP contribution in [-0.2, 0) is 4.79 Å². The maximum atomic E-state index is 12.5. The van der Waals surface area contributed by atoms with Crippen molar-refractivity contribution in [1.29, 1.82) is 0 Å². The zero-order valence-electron chi connectivity index (χ0n) is 15.0. The van der Waals surface area contributed by atoms with E-state index >= 15 is 0 Å². The molecule has 2 aromatic heterocycles. The van der Waals surface area contributed by atoms with Gasteiger partial charge >= 0.3 is 0 Å². The molecule has 4 rings (SSSR count). The summed E-state index contributed by atoms with van der Waals surface area (Å²) in [6, 6.07) is 13.0. The Hall–Kier alpha value is -2.58. The molecule has 1 aromatic carbocycles. The minimum Gasteiger partial charge on any atom is -0.411 e. The number of hydrogen-bond acceptors (Lipinski definition) is 7. The Morgan fingerprint density at radius 3 is 2.57 bits per heavy atom. The molecular weight excluding hydrogens is 398 g/mol. The van der Waals surface area contributed by atoms with Crippen molar-refractivity contribution in [2.45, 2.75) is 5.22 Å². The van der Waals surface area contributed by atoms with Crippen LogP contribution in [0.3, 0.4) is 0 Å². The molecule has 3 aromatic rings. The van der Waals surface area contributed by atoms with E-state index < -0.39 is 0 Å². The highest BCUT2D eigenvalue weighted by Crippen LogP contribution is 2.24. The summed E-state index contributed by atoms with van der Waals surface area (Å²) in [5.41, 5.74) is 0.792. The van der Waals surface area contributed by atoms with Crippen LogP contribution in [0.2, 0.25) is 5.02 Å². The number of carbonyl (C=O) groups excluding carboxylic acids is 1. The van der Waals surface area contributed by atoms with Crippen molar-refractivity contribution in [2.24, 2.45) is 0 Å². The fourth-order valence-corrected chi connectivity index (χ4v) is 3.71. The van der Waals surface area contributed by atoms with E-state index in [1.165, 1.54) is 11.8 Å². The van der Waals surface area contributed by atoms with E-state index in [0.717, 1.165) is 24.5 Å². The lowest BCUT2D eigenvalue weighted by atomic mass is 10.2. The predicted octanol–water partition coefficient (Wildman–Crippen LogP) is 3.23. The van der Waals surface area contributed by atoms with Gasteiger partial charge in [-0.3, -0.25) is 4.79 Å². The van der Waals surface area contributed by atoms with E-state index in [1.54, 1.807) is 18.3 Å². The standard InChI is InChI=1S/C19H18ClN5O2S/c20-15-6-4-14(5-7-15)18-22-23-19(27-18)28-13-17(26)25-11-9-24(10-12-25)16-3-1-2-8-21-16/h1-8H,9-13H2. The fraction of sp³-hybridized carbons (Fsp3) is 0.263. The molecule has 1 saturated heterocycles. The van der Waals surface area contributed by atoms with Crippen LogP contribution in [0.5, 0.6) is 0 Å². The number of thioether (sulfide) groups is 1. The zero-order valence-corrected chi connectivity index (χ0v) is 16.6. The van der Waals surface area contributed by atoms with Crippen molar-refractivity contribution in [2.75, 3.05) is 36.8 Å². The Balaban J connectivity index is 1.28. The van der Waals surface area contributed by atoms with Crippen molar-refractivity contribution in [3.8, 4) is 11.5 Å². The number of rotatable bonds is 5. The van der Waals surface area contributed by atoms with Crippen LogP contribution >= 0.6 is 23.4 Å². The SMILES string of the molecule is O=C(CSc1nnc(-c2ccc(Cl)cc2)o1)N1CCN(c2ccccn2)CC1. The van der Waals surface area contributed by atoms with Gasteiger partial charge in [0.05, 0.1) is 5.75 Å². The van der Waals surface area contributed by atoms with Gasteiger partial charge in [-0.15, -0.1) is 10.2 Å². The molecule has 1 aliphatic heterocycles. The number of piperazine rings is 1. The minimum atomic E-state index is 0.0666. The number of halogens is 1. The van der Waals surface area contributed by atoms with E-state index in [2.05, 4.69) is 20.1 Å². The second-order valence-electron chi connectivity index (χ2n) is 6.22. The van der Waals surface area contributed by atoms with E-state index in [9.17, 15) is 4.79 Å². The lowest BCUT2D eigenvalue weighted by Crippen LogP contribution is -2.49. The number of pyridine rings is 1. The van der Waals surface area contributed by atoms with Gasteiger partial charge < -0.3 is 14.2 Å². The quantitative estimate of drug-likeness (QED) is 0.592. The van der Waals surface area contributed by atoms with Gasteiger partial charge in [0.15, 0.2) is 0 Å². The molecule has 1 fully saturated rings. The van der Waals surface area contributed by atoms with Crippen LogP contribution in [0.1, 0.15) is 0 Å². The molecule has 0 radical (unpaired) electrons. The van der Waals surface area contributed by atoms with Crippen LogP contribution in [-0.4, -0.2) is 57.9 Å². The third-order valence-corrected chi connectivity index (χ3v) is 5.48. The summed E-state index contributed by atoms with van der Waals surface area (Å²) in [6.45, 7) is 2.90. The molecule has 0 atom stereocenters. The lowest BCUT2D eigenvalue weighted by Gasteiger charge is -2.35. The number of anilines is 1. The molecule has 3 heterocycles. The molecule has 1 aliphatic rings.